The average molecular weight is 300 g/mol. The number of hydrogen-bond acceptors (Lipinski definition) is 5. The molecule has 0 aliphatic rings. The summed E-state index contributed by atoms with van der Waals surface area (Å²) in [7, 11) is 1.59. The van der Waals surface area contributed by atoms with E-state index in [1.807, 2.05) is 25.1 Å². The highest BCUT2D eigenvalue weighted by Gasteiger charge is 2.08. The van der Waals surface area contributed by atoms with E-state index < -0.39 is 0 Å². The molecule has 2 heterocycles. The summed E-state index contributed by atoms with van der Waals surface area (Å²) in [4.78, 5) is 20.4. The van der Waals surface area contributed by atoms with Crippen LogP contribution < -0.4 is 10.6 Å². The number of ether oxygens (including phenoxy) is 1. The molecular weight excluding hydrogens is 280 g/mol. The smallest absolute Gasteiger partial charge is 0.252 e. The van der Waals surface area contributed by atoms with Gasteiger partial charge in [-0.2, -0.15) is 0 Å². The lowest BCUT2D eigenvalue weighted by Gasteiger charge is -2.14. The van der Waals surface area contributed by atoms with Crippen molar-refractivity contribution in [2.24, 2.45) is 0 Å². The van der Waals surface area contributed by atoms with Crippen LogP contribution in [0.4, 0.5) is 5.82 Å². The molecule has 1 amide bonds. The molecule has 2 rings (SSSR count). The van der Waals surface area contributed by atoms with Crippen LogP contribution in [0.1, 0.15) is 29.0 Å². The number of carbonyl (C=O) groups excluding carboxylic acids is 1. The van der Waals surface area contributed by atoms with Crippen molar-refractivity contribution in [2.45, 2.75) is 13.0 Å². The van der Waals surface area contributed by atoms with Crippen LogP contribution in [-0.4, -0.2) is 36.1 Å². The molecule has 22 heavy (non-hydrogen) atoms. The molecule has 0 radical (unpaired) electrons. The first-order valence-corrected chi connectivity index (χ1v) is 7.11. The van der Waals surface area contributed by atoms with Gasteiger partial charge in [0.25, 0.3) is 5.91 Å². The highest BCUT2D eigenvalue weighted by Crippen LogP contribution is 2.15. The van der Waals surface area contributed by atoms with Crippen molar-refractivity contribution < 1.29 is 9.53 Å². The number of nitrogens with zero attached hydrogens (tertiary/aromatic N) is 2. The fraction of sp³-hybridized carbons (Fsp3) is 0.312. The first-order valence-electron chi connectivity index (χ1n) is 7.11. The van der Waals surface area contributed by atoms with Gasteiger partial charge in [0.2, 0.25) is 0 Å². The number of carbonyl (C=O) groups is 1. The normalized spacial score (nSPS) is 11.7. The van der Waals surface area contributed by atoms with E-state index in [0.717, 1.165) is 5.69 Å². The van der Waals surface area contributed by atoms with E-state index in [4.69, 9.17) is 4.74 Å². The van der Waals surface area contributed by atoms with E-state index in [0.29, 0.717) is 24.5 Å². The summed E-state index contributed by atoms with van der Waals surface area (Å²) in [6, 6.07) is 9.34. The average Bonchev–Trinajstić information content (AvgIpc) is 2.56. The third-order valence-corrected chi connectivity index (χ3v) is 3.11. The number of methoxy groups -OCH3 is 1. The lowest BCUT2D eigenvalue weighted by atomic mass is 10.2. The maximum atomic E-state index is 11.8. The number of aromatic nitrogens is 2. The van der Waals surface area contributed by atoms with Gasteiger partial charge in [-0.25, -0.2) is 4.98 Å². The van der Waals surface area contributed by atoms with Crippen LogP contribution in [0.2, 0.25) is 0 Å². The van der Waals surface area contributed by atoms with E-state index >= 15 is 0 Å². The Hall–Kier alpha value is -2.47. The number of rotatable bonds is 7. The van der Waals surface area contributed by atoms with Gasteiger partial charge in [0.15, 0.2) is 0 Å². The Morgan fingerprint density at radius 2 is 2.14 bits per heavy atom. The predicted molar refractivity (Wildman–Crippen MR) is 84.7 cm³/mol. The first-order chi connectivity index (χ1) is 10.7. The molecular formula is C16H20N4O2. The van der Waals surface area contributed by atoms with Crippen molar-refractivity contribution in [1.29, 1.82) is 0 Å². The van der Waals surface area contributed by atoms with E-state index in [1.165, 1.54) is 0 Å². The SMILES string of the molecule is COCCNC(=O)c1ccc(NC(C)c2ccccn2)nc1. The largest absolute Gasteiger partial charge is 0.383 e. The third kappa shape index (κ3) is 4.53. The van der Waals surface area contributed by atoms with Crippen molar-refractivity contribution >= 4 is 11.7 Å². The second kappa shape index (κ2) is 8.09. The molecule has 0 aromatic carbocycles. The molecule has 0 fully saturated rings. The monoisotopic (exact) mass is 300 g/mol. The first kappa shape index (κ1) is 15.9. The minimum atomic E-state index is -0.158. The Morgan fingerprint density at radius 3 is 2.77 bits per heavy atom. The number of anilines is 1. The van der Waals surface area contributed by atoms with Gasteiger partial charge in [0, 0.05) is 26.0 Å². The van der Waals surface area contributed by atoms with E-state index in [1.54, 1.807) is 31.6 Å². The van der Waals surface area contributed by atoms with Gasteiger partial charge < -0.3 is 15.4 Å². The molecule has 6 heteroatoms. The Balaban J connectivity index is 1.93. The maximum absolute atomic E-state index is 11.8. The zero-order valence-corrected chi connectivity index (χ0v) is 12.7. The molecule has 1 unspecified atom stereocenters. The van der Waals surface area contributed by atoms with Crippen molar-refractivity contribution in [3.05, 3.63) is 54.0 Å². The third-order valence-electron chi connectivity index (χ3n) is 3.11. The van der Waals surface area contributed by atoms with Crippen LogP contribution in [0.15, 0.2) is 42.7 Å². The van der Waals surface area contributed by atoms with Crippen LogP contribution >= 0.6 is 0 Å². The zero-order chi connectivity index (χ0) is 15.8. The highest BCUT2D eigenvalue weighted by molar-refractivity contribution is 5.94. The van der Waals surface area contributed by atoms with Crippen molar-refractivity contribution in [2.75, 3.05) is 25.6 Å². The van der Waals surface area contributed by atoms with Crippen LogP contribution in [0.5, 0.6) is 0 Å². The summed E-state index contributed by atoms with van der Waals surface area (Å²) in [6.45, 7) is 2.97. The molecule has 6 nitrogen and oxygen atoms in total. The number of amides is 1. The molecule has 2 aromatic heterocycles. The standard InChI is InChI=1S/C16H20N4O2/c1-12(14-5-3-4-8-17-14)20-15-7-6-13(11-19-15)16(21)18-9-10-22-2/h3-8,11-12H,9-10H2,1-2H3,(H,18,21)(H,19,20). The molecule has 0 bridgehead atoms. The second-order valence-corrected chi connectivity index (χ2v) is 4.80. The molecule has 0 spiro atoms. The molecule has 2 N–H and O–H groups in total. The minimum absolute atomic E-state index is 0.0371. The Bertz CT molecular complexity index is 587. The second-order valence-electron chi connectivity index (χ2n) is 4.80. The van der Waals surface area contributed by atoms with Gasteiger partial charge in [0.05, 0.1) is 23.9 Å². The number of nitrogens with one attached hydrogen (secondary N) is 2. The summed E-state index contributed by atoms with van der Waals surface area (Å²) in [6.07, 6.45) is 3.31. The van der Waals surface area contributed by atoms with Gasteiger partial charge in [-0.1, -0.05) is 6.07 Å². The summed E-state index contributed by atoms with van der Waals surface area (Å²) in [5, 5.41) is 6.00. The molecule has 116 valence electrons. The molecule has 0 aliphatic heterocycles. The van der Waals surface area contributed by atoms with Crippen molar-refractivity contribution in [3.8, 4) is 0 Å². The zero-order valence-electron chi connectivity index (χ0n) is 12.7. The Labute approximate surface area is 129 Å². The van der Waals surface area contributed by atoms with Gasteiger partial charge in [-0.05, 0) is 31.2 Å². The Kier molecular flexibility index (Phi) is 5.85. The summed E-state index contributed by atoms with van der Waals surface area (Å²) in [5.74, 6) is 0.542. The highest BCUT2D eigenvalue weighted by atomic mass is 16.5. The minimum Gasteiger partial charge on any atom is -0.383 e. The molecule has 0 aliphatic carbocycles. The summed E-state index contributed by atoms with van der Waals surface area (Å²) in [5.41, 5.74) is 1.46. The van der Waals surface area contributed by atoms with Gasteiger partial charge in [0.1, 0.15) is 5.82 Å². The molecule has 0 saturated heterocycles. The van der Waals surface area contributed by atoms with E-state index in [2.05, 4.69) is 20.6 Å². The maximum Gasteiger partial charge on any atom is 0.252 e. The van der Waals surface area contributed by atoms with Gasteiger partial charge in [-0.15, -0.1) is 0 Å². The lowest BCUT2D eigenvalue weighted by Crippen LogP contribution is -2.27. The molecule has 0 saturated carbocycles. The van der Waals surface area contributed by atoms with E-state index in [9.17, 15) is 4.79 Å². The van der Waals surface area contributed by atoms with Crippen LogP contribution in [0.3, 0.4) is 0 Å². The summed E-state index contributed by atoms with van der Waals surface area (Å²) >= 11 is 0. The van der Waals surface area contributed by atoms with Crippen LogP contribution in [0.25, 0.3) is 0 Å². The van der Waals surface area contributed by atoms with Gasteiger partial charge >= 0.3 is 0 Å². The number of pyridine rings is 2. The fourth-order valence-corrected chi connectivity index (χ4v) is 1.91. The lowest BCUT2D eigenvalue weighted by molar-refractivity contribution is 0.0937. The topological polar surface area (TPSA) is 76.1 Å². The summed E-state index contributed by atoms with van der Waals surface area (Å²) < 4.78 is 4.89. The van der Waals surface area contributed by atoms with Crippen molar-refractivity contribution in [3.63, 3.8) is 0 Å². The predicted octanol–water partition coefficient (Wildman–Crippen LogP) is 2.03. The van der Waals surface area contributed by atoms with Gasteiger partial charge in [-0.3, -0.25) is 9.78 Å². The van der Waals surface area contributed by atoms with E-state index in [-0.39, 0.29) is 11.9 Å². The number of hydrogen-bond donors (Lipinski definition) is 2. The fourth-order valence-electron chi connectivity index (χ4n) is 1.91. The van der Waals surface area contributed by atoms with Crippen LogP contribution in [-0.2, 0) is 4.74 Å². The quantitative estimate of drug-likeness (QED) is 0.765. The van der Waals surface area contributed by atoms with Crippen LogP contribution in [0, 0.1) is 0 Å². The molecule has 1 atom stereocenters. The molecule has 2 aromatic rings. The Morgan fingerprint density at radius 1 is 1.27 bits per heavy atom. The van der Waals surface area contributed by atoms with Crippen molar-refractivity contribution in [1.82, 2.24) is 15.3 Å².